The van der Waals surface area contributed by atoms with Crippen LogP contribution in [0.25, 0.3) is 0 Å². The number of fused-ring (bicyclic) bond motifs is 3. The second-order valence-electron chi connectivity index (χ2n) is 26.3. The smallest absolute Gasteiger partial charge is 0.407 e. The highest BCUT2D eigenvalue weighted by molar-refractivity contribution is 6.39. The van der Waals surface area contributed by atoms with Gasteiger partial charge in [-0.2, -0.15) is 0 Å². The number of hydrogen-bond acceptors (Lipinski definition) is 22. The third kappa shape index (κ3) is 26.3. The van der Waals surface area contributed by atoms with Crippen molar-refractivity contribution in [3.63, 3.8) is 0 Å². The maximum atomic E-state index is 14.7. The fourth-order valence-electron chi connectivity index (χ4n) is 13.0. The number of piperidine rings is 2. The summed E-state index contributed by atoms with van der Waals surface area (Å²) in [6, 6.07) is -2.30. The number of ether oxygens (including phenoxy) is 10. The summed E-state index contributed by atoms with van der Waals surface area (Å²) in [6.45, 7) is 19.0. The molecule has 25 heteroatoms. The number of carbonyl (C=O) groups excluding carboxylic acids is 6. The summed E-state index contributed by atoms with van der Waals surface area (Å²) >= 11 is 0. The zero-order valence-corrected chi connectivity index (χ0v) is 57.5. The highest BCUT2D eigenvalue weighted by Gasteiger charge is 2.53. The molecule has 0 spiro atoms. The van der Waals surface area contributed by atoms with Gasteiger partial charge in [-0.05, 0) is 121 Å². The van der Waals surface area contributed by atoms with Crippen LogP contribution in [-0.2, 0) is 71.3 Å². The van der Waals surface area contributed by atoms with Crippen LogP contribution in [0, 0.1) is 29.6 Å². The first-order chi connectivity index (χ1) is 45.0. The van der Waals surface area contributed by atoms with Gasteiger partial charge in [-0.25, -0.2) is 9.59 Å². The molecule has 4 heterocycles. The van der Waals surface area contributed by atoms with Crippen LogP contribution in [0.5, 0.6) is 0 Å². The Labute approximate surface area is 557 Å². The first-order valence-corrected chi connectivity index (χ1v) is 34.4. The van der Waals surface area contributed by atoms with E-state index in [1.165, 1.54) is 0 Å². The van der Waals surface area contributed by atoms with Gasteiger partial charge >= 0.3 is 12.1 Å². The van der Waals surface area contributed by atoms with E-state index in [1.807, 2.05) is 56.1 Å². The molecule has 0 radical (unpaired) electrons. The van der Waals surface area contributed by atoms with E-state index in [0.717, 1.165) is 10.5 Å². The van der Waals surface area contributed by atoms with Gasteiger partial charge in [-0.1, -0.05) is 64.2 Å². The van der Waals surface area contributed by atoms with Crippen LogP contribution in [0.1, 0.15) is 138 Å². The summed E-state index contributed by atoms with van der Waals surface area (Å²) in [5.74, 6) is -8.53. The molecule has 94 heavy (non-hydrogen) atoms. The largest absolute Gasteiger partial charge is 0.459 e. The number of allylic oxidation sites excluding steroid dienone is 5. The maximum Gasteiger partial charge on any atom is 0.407 e. The quantitative estimate of drug-likeness (QED) is 0.0288. The SMILES string of the molecule is CCOCCOCCOCCOCCOCCNC(=O)CN1CCC(NC(=O)OC2CC[C@@H](C[C@@H](N)[C@@H]3C[C@@H](O)C(C)/C=C(\C)[C@@H](O)[C@@H](O)C(=O)[C@H](C)C[C@H](C)/C=C/C=C/C=C(\C)[C@@H](OC)C[C@@H]4CC[C@@H](C)[C@@](O)(O4)C(=O)C(=O)N4CCCC[C@H]4C(=O)O3)C[C@H]2OC)CC1. The van der Waals surface area contributed by atoms with Crippen molar-refractivity contribution >= 4 is 35.4 Å². The zero-order valence-electron chi connectivity index (χ0n) is 57.5. The number of aliphatic hydroxyl groups is 4. The minimum absolute atomic E-state index is 0.0230. The molecule has 16 atom stereocenters. The second kappa shape index (κ2) is 42.3. The Bertz CT molecular complexity index is 2440. The monoisotopic (exact) mass is 1330 g/mol. The molecule has 4 fully saturated rings. The lowest BCUT2D eigenvalue weighted by Crippen LogP contribution is -2.61. The van der Waals surface area contributed by atoms with E-state index in [-0.39, 0.29) is 68.1 Å². The third-order valence-corrected chi connectivity index (χ3v) is 18.9. The van der Waals surface area contributed by atoms with Gasteiger partial charge in [0.05, 0.1) is 90.4 Å². The number of Topliss-reactive ketones (excluding diaryl/α,β-unsaturated/α-hetero) is 2. The lowest BCUT2D eigenvalue weighted by atomic mass is 9.80. The minimum atomic E-state index is -2.49. The topological polar surface area (TPSA) is 332 Å². The van der Waals surface area contributed by atoms with E-state index in [9.17, 15) is 49.2 Å². The van der Waals surface area contributed by atoms with E-state index in [0.29, 0.717) is 150 Å². The van der Waals surface area contributed by atoms with E-state index < -0.39 is 114 Å². The van der Waals surface area contributed by atoms with Crippen molar-refractivity contribution in [3.05, 3.63) is 47.6 Å². The molecule has 3 amide bonds. The molecule has 0 aromatic carbocycles. The lowest BCUT2D eigenvalue weighted by Gasteiger charge is -2.42. The number of ketones is 2. The summed E-state index contributed by atoms with van der Waals surface area (Å²) < 4.78 is 57.4. The third-order valence-electron chi connectivity index (χ3n) is 18.9. The average molecular weight is 1330 g/mol. The van der Waals surface area contributed by atoms with E-state index in [2.05, 4.69) is 10.6 Å². The second-order valence-corrected chi connectivity index (χ2v) is 26.3. The van der Waals surface area contributed by atoms with Crippen LogP contribution in [0.2, 0.25) is 0 Å². The Morgan fingerprint density at radius 2 is 1.39 bits per heavy atom. The predicted octanol–water partition coefficient (Wildman–Crippen LogP) is 4.43. The number of methoxy groups -OCH3 is 2. The molecule has 5 aliphatic rings. The van der Waals surface area contributed by atoms with Crippen LogP contribution in [0.15, 0.2) is 47.6 Å². The van der Waals surface area contributed by atoms with Crippen molar-refractivity contribution in [2.45, 2.75) is 211 Å². The average Bonchev–Trinajstić information content (AvgIpc) is 0.779. The molecule has 5 rings (SSSR count). The molecular formula is C69H115N5O20. The summed E-state index contributed by atoms with van der Waals surface area (Å²) in [4.78, 5) is 86.4. The number of likely N-dealkylation sites (tertiary alicyclic amines) is 1. The molecule has 0 aromatic rings. The predicted molar refractivity (Wildman–Crippen MR) is 350 cm³/mol. The molecule has 1 saturated carbocycles. The summed E-state index contributed by atoms with van der Waals surface area (Å²) in [6.07, 6.45) is 7.81. The molecule has 2 bridgehead atoms. The molecule has 4 aliphatic heterocycles. The molecule has 1 aliphatic carbocycles. The van der Waals surface area contributed by atoms with Gasteiger partial charge < -0.3 is 89.1 Å². The highest BCUT2D eigenvalue weighted by Crippen LogP contribution is 2.38. The Balaban J connectivity index is 1.18. The van der Waals surface area contributed by atoms with Crippen molar-refractivity contribution in [2.75, 3.05) is 113 Å². The number of esters is 1. The van der Waals surface area contributed by atoms with Crippen LogP contribution < -0.4 is 16.4 Å². The zero-order chi connectivity index (χ0) is 68.7. The van der Waals surface area contributed by atoms with Crippen molar-refractivity contribution in [1.82, 2.24) is 20.4 Å². The van der Waals surface area contributed by atoms with Gasteiger partial charge in [0, 0.05) is 89.7 Å². The van der Waals surface area contributed by atoms with Crippen molar-refractivity contribution in [2.24, 2.45) is 35.3 Å². The molecule has 3 saturated heterocycles. The van der Waals surface area contributed by atoms with E-state index in [4.69, 9.17) is 53.1 Å². The van der Waals surface area contributed by atoms with Crippen molar-refractivity contribution in [3.8, 4) is 0 Å². The van der Waals surface area contributed by atoms with Gasteiger partial charge in [-0.3, -0.25) is 24.1 Å². The van der Waals surface area contributed by atoms with Crippen molar-refractivity contribution < 1.29 is 96.6 Å². The van der Waals surface area contributed by atoms with Crippen LogP contribution in [-0.4, -0.2) is 251 Å². The fourth-order valence-corrected chi connectivity index (χ4v) is 13.0. The molecular weight excluding hydrogens is 1220 g/mol. The van der Waals surface area contributed by atoms with E-state index in [1.54, 1.807) is 48.0 Å². The number of nitrogens with zero attached hydrogens (tertiary/aromatic N) is 2. The molecule has 8 N–H and O–H groups in total. The standard InChI is InChI=1S/C69H115N5O20/c1-10-87-30-31-89-34-35-91-37-36-90-33-32-88-29-25-71-61(76)44-73-27-23-52(24-28-73)72-68(83)93-57-22-20-51(41-60(57)86-9)40-54(70)59-43-56(75)47(4)39-49(6)63(78)64(79)62(77)48(5)38-45(2)16-12-11-13-17-46(3)58(85-8)42-53-21-19-50(7)69(84,94-53)65(80)66(81)74-26-15-14-18-55(74)67(82)92-59/h11-13,16-17,39,45,47-48,50-60,63-64,75,78-79,84H,10,14-15,18-38,40-44,70H2,1-9H3,(H,71,76)(H,72,83)/b13-11+,16-12+,46-17+,49-39+/t45-,47?,48-,50-,51+,53+,54-,55+,56-,57?,58+,59+,60-,63-,64+,69-/m1/s1. The summed E-state index contributed by atoms with van der Waals surface area (Å²) in [7, 11) is 3.10. The number of cyclic esters (lactones) is 1. The number of aliphatic hydroxyl groups excluding tert-OH is 3. The number of nitrogens with two attached hydrogens (primary N) is 1. The van der Waals surface area contributed by atoms with Gasteiger partial charge in [0.15, 0.2) is 5.78 Å². The van der Waals surface area contributed by atoms with Gasteiger partial charge in [-0.15, -0.1) is 0 Å². The van der Waals surface area contributed by atoms with Crippen LogP contribution >= 0.6 is 0 Å². The first-order valence-electron chi connectivity index (χ1n) is 34.4. The van der Waals surface area contributed by atoms with Gasteiger partial charge in [0.25, 0.3) is 11.7 Å². The Kier molecular flexibility index (Phi) is 36.0. The Morgan fingerprint density at radius 3 is 2.04 bits per heavy atom. The summed E-state index contributed by atoms with van der Waals surface area (Å²) in [5.41, 5.74) is 8.14. The normalized spacial score (nSPS) is 33.6. The lowest BCUT2D eigenvalue weighted by molar-refractivity contribution is -0.265. The van der Waals surface area contributed by atoms with Crippen LogP contribution in [0.4, 0.5) is 4.79 Å². The van der Waals surface area contributed by atoms with Gasteiger partial charge in [0.1, 0.15) is 30.5 Å². The number of rotatable bonds is 25. The molecule has 0 aromatic heterocycles. The minimum Gasteiger partial charge on any atom is -0.459 e. The van der Waals surface area contributed by atoms with E-state index >= 15 is 0 Å². The molecule has 2 unspecified atom stereocenters. The number of alkyl carbamates (subject to hydrolysis) is 1. The fraction of sp³-hybridized carbons (Fsp3) is 0.797. The Hall–Kier alpha value is -4.58. The van der Waals surface area contributed by atoms with Gasteiger partial charge in [0.2, 0.25) is 11.7 Å². The maximum absolute atomic E-state index is 14.7. The van der Waals surface area contributed by atoms with Crippen molar-refractivity contribution in [1.29, 1.82) is 0 Å². The number of amides is 3. The highest BCUT2D eigenvalue weighted by atomic mass is 16.6. The summed E-state index contributed by atoms with van der Waals surface area (Å²) in [5, 5.41) is 52.4. The number of nitrogens with one attached hydrogen (secondary N) is 2. The Morgan fingerprint density at radius 1 is 0.734 bits per heavy atom. The van der Waals surface area contributed by atoms with Crippen LogP contribution in [0.3, 0.4) is 0 Å². The molecule has 536 valence electrons. The first kappa shape index (κ1) is 80.1. The molecule has 25 nitrogen and oxygen atoms in total. The number of carbonyl (C=O) groups is 6. The number of hydrogen-bond donors (Lipinski definition) is 7.